The van der Waals surface area contributed by atoms with Crippen LogP contribution in [-0.4, -0.2) is 53.6 Å². The number of ketones is 1. The third-order valence-electron chi connectivity index (χ3n) is 4.30. The molecule has 1 aliphatic rings. The topological polar surface area (TPSA) is 147 Å². The molecule has 1 fully saturated rings. The summed E-state index contributed by atoms with van der Waals surface area (Å²) < 4.78 is 58.8. The molecule has 1 saturated heterocycles. The predicted molar refractivity (Wildman–Crippen MR) is 101 cm³/mol. The SMILES string of the molecule is CCOC(=O)C1(CS(=O)Cc2ccco2)OC(=O)C(=O)C1S(=O)(=O)Cc1ccco1. The fourth-order valence-corrected chi connectivity index (χ4v) is 6.60. The highest BCUT2D eigenvalue weighted by molar-refractivity contribution is 7.92. The minimum Gasteiger partial charge on any atom is -0.468 e. The average molecular weight is 458 g/mol. The van der Waals surface area contributed by atoms with Crippen LogP contribution in [0.15, 0.2) is 45.6 Å². The maximum Gasteiger partial charge on any atom is 0.377 e. The Morgan fingerprint density at radius 2 is 1.80 bits per heavy atom. The molecule has 0 aromatic carbocycles. The molecule has 0 N–H and O–H groups in total. The van der Waals surface area contributed by atoms with E-state index < -0.39 is 60.7 Å². The molecule has 3 atom stereocenters. The molecule has 0 spiro atoms. The van der Waals surface area contributed by atoms with Crippen LogP contribution < -0.4 is 0 Å². The fraction of sp³-hybridized carbons (Fsp3) is 0.389. The van der Waals surface area contributed by atoms with Crippen LogP contribution >= 0.6 is 0 Å². The minimum absolute atomic E-state index is 0.00313. The lowest BCUT2D eigenvalue weighted by Crippen LogP contribution is -2.57. The van der Waals surface area contributed by atoms with Crippen LogP contribution in [0.5, 0.6) is 0 Å². The second-order valence-electron chi connectivity index (χ2n) is 6.44. The van der Waals surface area contributed by atoms with Crippen molar-refractivity contribution in [2.24, 2.45) is 0 Å². The van der Waals surface area contributed by atoms with Gasteiger partial charge in [0.1, 0.15) is 17.3 Å². The van der Waals surface area contributed by atoms with Crippen LogP contribution in [-0.2, 0) is 56.0 Å². The summed E-state index contributed by atoms with van der Waals surface area (Å²) in [5.74, 6) is -5.61. The van der Waals surface area contributed by atoms with Crippen molar-refractivity contribution in [3.05, 3.63) is 48.3 Å². The number of hydrogen-bond donors (Lipinski definition) is 0. The molecule has 2 aromatic heterocycles. The van der Waals surface area contributed by atoms with Crippen LogP contribution in [0, 0.1) is 0 Å². The van der Waals surface area contributed by atoms with Crippen LogP contribution in [0.1, 0.15) is 18.4 Å². The molecular weight excluding hydrogens is 440 g/mol. The van der Waals surface area contributed by atoms with Gasteiger partial charge in [0.2, 0.25) is 5.60 Å². The fourth-order valence-electron chi connectivity index (χ4n) is 3.13. The first-order chi connectivity index (χ1) is 14.2. The number of carbonyl (C=O) groups is 3. The van der Waals surface area contributed by atoms with E-state index in [-0.39, 0.29) is 18.1 Å². The first-order valence-corrected chi connectivity index (χ1v) is 12.0. The Labute approximate surface area is 173 Å². The smallest absolute Gasteiger partial charge is 0.377 e. The van der Waals surface area contributed by atoms with Crippen LogP contribution in [0.4, 0.5) is 0 Å². The summed E-state index contributed by atoms with van der Waals surface area (Å²) in [4.78, 5) is 37.3. The van der Waals surface area contributed by atoms with Gasteiger partial charge < -0.3 is 18.3 Å². The molecule has 0 saturated carbocycles. The molecule has 10 nitrogen and oxygen atoms in total. The van der Waals surface area contributed by atoms with E-state index in [4.69, 9.17) is 18.3 Å². The summed E-state index contributed by atoms with van der Waals surface area (Å²) in [5, 5.41) is -2.22. The summed E-state index contributed by atoms with van der Waals surface area (Å²) in [5.41, 5.74) is -2.58. The molecule has 1 aliphatic heterocycles. The Morgan fingerprint density at radius 1 is 1.17 bits per heavy atom. The molecule has 3 heterocycles. The molecule has 0 radical (unpaired) electrons. The molecule has 0 amide bonds. The van der Waals surface area contributed by atoms with Gasteiger partial charge in [0.15, 0.2) is 15.1 Å². The molecule has 12 heteroatoms. The van der Waals surface area contributed by atoms with Gasteiger partial charge in [-0.2, -0.15) is 0 Å². The van der Waals surface area contributed by atoms with Crippen LogP contribution in [0.3, 0.4) is 0 Å². The van der Waals surface area contributed by atoms with Gasteiger partial charge in [0, 0.05) is 10.8 Å². The van der Waals surface area contributed by atoms with Crippen molar-refractivity contribution in [3.8, 4) is 0 Å². The van der Waals surface area contributed by atoms with Crippen molar-refractivity contribution < 1.29 is 45.3 Å². The maximum absolute atomic E-state index is 13.0. The number of Topliss-reactive ketones (excluding diaryl/α,β-unsaturated/α-hetero) is 1. The van der Waals surface area contributed by atoms with Gasteiger partial charge in [-0.05, 0) is 31.2 Å². The Kier molecular flexibility index (Phi) is 6.27. The molecular formula is C18H18O10S2. The van der Waals surface area contributed by atoms with E-state index in [9.17, 15) is 27.0 Å². The quantitative estimate of drug-likeness (QED) is 0.385. The number of hydrogen-bond acceptors (Lipinski definition) is 10. The summed E-state index contributed by atoms with van der Waals surface area (Å²) in [6.45, 7) is 1.28. The Hall–Kier alpha value is -2.73. The van der Waals surface area contributed by atoms with E-state index in [1.165, 1.54) is 37.6 Å². The van der Waals surface area contributed by atoms with Crippen molar-refractivity contribution in [2.45, 2.75) is 29.3 Å². The van der Waals surface area contributed by atoms with E-state index in [1.807, 2.05) is 0 Å². The second kappa shape index (κ2) is 8.56. The Bertz CT molecular complexity index is 1050. The minimum atomic E-state index is -4.49. The van der Waals surface area contributed by atoms with E-state index in [2.05, 4.69) is 0 Å². The predicted octanol–water partition coefficient (Wildman–Crippen LogP) is 0.533. The largest absolute Gasteiger partial charge is 0.468 e. The zero-order valence-corrected chi connectivity index (χ0v) is 17.4. The number of ether oxygens (including phenoxy) is 2. The standard InChI is InChI=1S/C18H18O10S2/c1-2-25-17(21)18(11-29(22)9-12-5-3-7-26-12)15(14(19)16(20)28-18)30(23,24)10-13-6-4-8-27-13/h3-8,15H,2,9-11H2,1H3. The highest BCUT2D eigenvalue weighted by Gasteiger charge is 2.67. The van der Waals surface area contributed by atoms with Gasteiger partial charge in [-0.3, -0.25) is 9.00 Å². The second-order valence-corrected chi connectivity index (χ2v) is 9.98. The number of rotatable bonds is 9. The summed E-state index contributed by atoms with van der Waals surface area (Å²) in [6.07, 6.45) is 2.59. The molecule has 3 unspecified atom stereocenters. The first kappa shape index (κ1) is 22.0. The monoisotopic (exact) mass is 458 g/mol. The van der Waals surface area contributed by atoms with Crippen molar-refractivity contribution in [1.29, 1.82) is 0 Å². The normalized spacial score (nSPS) is 22.6. The lowest BCUT2D eigenvalue weighted by Gasteiger charge is -2.29. The highest BCUT2D eigenvalue weighted by atomic mass is 32.2. The third kappa shape index (κ3) is 4.24. The van der Waals surface area contributed by atoms with Gasteiger partial charge in [-0.15, -0.1) is 0 Å². The Balaban J connectivity index is 2.01. The van der Waals surface area contributed by atoms with Gasteiger partial charge in [0.25, 0.3) is 5.78 Å². The summed E-state index contributed by atoms with van der Waals surface area (Å²) in [6, 6.07) is 5.90. The molecule has 2 aromatic rings. The van der Waals surface area contributed by atoms with Gasteiger partial charge in [-0.1, -0.05) is 0 Å². The lowest BCUT2D eigenvalue weighted by atomic mass is 10.0. The zero-order chi connectivity index (χ0) is 21.9. The van der Waals surface area contributed by atoms with Crippen molar-refractivity contribution in [2.75, 3.05) is 12.4 Å². The molecule has 3 rings (SSSR count). The van der Waals surface area contributed by atoms with Gasteiger partial charge in [-0.25, -0.2) is 18.0 Å². The van der Waals surface area contributed by atoms with E-state index in [0.29, 0.717) is 5.76 Å². The van der Waals surface area contributed by atoms with Crippen molar-refractivity contribution in [3.63, 3.8) is 0 Å². The molecule has 30 heavy (non-hydrogen) atoms. The van der Waals surface area contributed by atoms with E-state index in [0.717, 1.165) is 0 Å². The highest BCUT2D eigenvalue weighted by Crippen LogP contribution is 2.35. The number of sulfone groups is 1. The number of carbonyl (C=O) groups excluding carboxylic acids is 3. The van der Waals surface area contributed by atoms with Crippen molar-refractivity contribution in [1.82, 2.24) is 0 Å². The first-order valence-electron chi connectivity index (χ1n) is 8.75. The third-order valence-corrected chi connectivity index (χ3v) is 7.66. The van der Waals surface area contributed by atoms with Gasteiger partial charge in [0.05, 0.1) is 30.6 Å². The molecule has 162 valence electrons. The van der Waals surface area contributed by atoms with Crippen LogP contribution in [0.25, 0.3) is 0 Å². The lowest BCUT2D eigenvalue weighted by molar-refractivity contribution is -0.171. The average Bonchev–Trinajstić information content (AvgIpc) is 3.38. The number of cyclic esters (lactones) is 1. The Morgan fingerprint density at radius 3 is 2.37 bits per heavy atom. The molecule has 0 aliphatic carbocycles. The van der Waals surface area contributed by atoms with Gasteiger partial charge >= 0.3 is 11.9 Å². The van der Waals surface area contributed by atoms with Crippen molar-refractivity contribution >= 4 is 38.4 Å². The summed E-state index contributed by atoms with van der Waals surface area (Å²) in [7, 11) is -6.43. The van der Waals surface area contributed by atoms with E-state index in [1.54, 1.807) is 6.07 Å². The van der Waals surface area contributed by atoms with Crippen LogP contribution in [0.2, 0.25) is 0 Å². The maximum atomic E-state index is 13.0. The molecule has 0 bridgehead atoms. The number of esters is 2. The van der Waals surface area contributed by atoms with E-state index >= 15 is 0 Å². The number of furan rings is 2. The zero-order valence-electron chi connectivity index (χ0n) is 15.8. The summed E-state index contributed by atoms with van der Waals surface area (Å²) >= 11 is 0.